The monoisotopic (exact) mass is 563 g/mol. The summed E-state index contributed by atoms with van der Waals surface area (Å²) < 4.78 is 0. The van der Waals surface area contributed by atoms with Crippen LogP contribution in [-0.4, -0.2) is 76.5 Å². The number of amides is 3. The lowest BCUT2D eigenvalue weighted by atomic mass is 9.98. The number of carboxylic acid groups (broad SMARTS) is 2. The van der Waals surface area contributed by atoms with Gasteiger partial charge in [-0.2, -0.15) is 0 Å². The maximum atomic E-state index is 13.4. The Morgan fingerprint density at radius 1 is 0.875 bits per heavy atom. The minimum Gasteiger partial charge on any atom is -0.481 e. The SMILES string of the molecule is CCC(C)C(N)C(=O)NC(Cc1ccccc1)C(=O)NC(CCCN=C(N)N)C(=O)NC(CCC(=O)O)C(=O)O. The van der Waals surface area contributed by atoms with Crippen LogP contribution in [-0.2, 0) is 30.4 Å². The van der Waals surface area contributed by atoms with E-state index in [0.29, 0.717) is 6.42 Å². The molecule has 5 unspecified atom stereocenters. The van der Waals surface area contributed by atoms with Crippen LogP contribution in [0.3, 0.4) is 0 Å². The van der Waals surface area contributed by atoms with Gasteiger partial charge in [-0.3, -0.25) is 24.2 Å². The van der Waals surface area contributed by atoms with Crippen molar-refractivity contribution in [1.82, 2.24) is 16.0 Å². The Kier molecular flexibility index (Phi) is 14.7. The van der Waals surface area contributed by atoms with E-state index in [0.717, 1.165) is 5.56 Å². The minimum atomic E-state index is -1.49. The fraction of sp³-hybridized carbons (Fsp3) is 0.538. The molecular weight excluding hydrogens is 522 g/mol. The zero-order valence-corrected chi connectivity index (χ0v) is 22.8. The van der Waals surface area contributed by atoms with Crippen LogP contribution in [0.2, 0.25) is 0 Å². The lowest BCUT2D eigenvalue weighted by Gasteiger charge is -2.26. The van der Waals surface area contributed by atoms with Crippen molar-refractivity contribution in [3.63, 3.8) is 0 Å². The highest BCUT2D eigenvalue weighted by atomic mass is 16.4. The summed E-state index contributed by atoms with van der Waals surface area (Å²) in [5.74, 6) is -5.00. The number of rotatable bonds is 18. The molecule has 14 heteroatoms. The van der Waals surface area contributed by atoms with Gasteiger partial charge in [0.2, 0.25) is 17.7 Å². The normalized spacial score (nSPS) is 14.5. The minimum absolute atomic E-state index is 0.0258. The van der Waals surface area contributed by atoms with Crippen LogP contribution in [0.5, 0.6) is 0 Å². The van der Waals surface area contributed by atoms with E-state index in [1.807, 2.05) is 13.8 Å². The third-order valence-electron chi connectivity index (χ3n) is 6.32. The molecular formula is C26H41N7O7. The number of hydrogen-bond acceptors (Lipinski definition) is 7. The van der Waals surface area contributed by atoms with Gasteiger partial charge in [0.1, 0.15) is 18.1 Å². The van der Waals surface area contributed by atoms with E-state index in [9.17, 15) is 29.1 Å². The van der Waals surface area contributed by atoms with Gasteiger partial charge in [-0.15, -0.1) is 0 Å². The van der Waals surface area contributed by atoms with E-state index in [1.165, 1.54) is 0 Å². The third kappa shape index (κ3) is 12.6. The summed E-state index contributed by atoms with van der Waals surface area (Å²) in [7, 11) is 0. The molecule has 0 saturated carbocycles. The van der Waals surface area contributed by atoms with Crippen LogP contribution in [0.1, 0.15) is 51.5 Å². The first-order valence-corrected chi connectivity index (χ1v) is 13.1. The summed E-state index contributed by atoms with van der Waals surface area (Å²) in [5, 5.41) is 25.9. The molecule has 0 radical (unpaired) electrons. The molecule has 0 aliphatic carbocycles. The van der Waals surface area contributed by atoms with E-state index < -0.39 is 60.2 Å². The van der Waals surface area contributed by atoms with Crippen molar-refractivity contribution in [3.05, 3.63) is 35.9 Å². The second-order valence-electron chi connectivity index (χ2n) is 9.50. The second-order valence-corrected chi connectivity index (χ2v) is 9.50. The molecule has 3 amide bonds. The lowest BCUT2D eigenvalue weighted by molar-refractivity contribution is -0.143. The van der Waals surface area contributed by atoms with Crippen molar-refractivity contribution in [1.29, 1.82) is 0 Å². The van der Waals surface area contributed by atoms with Crippen LogP contribution < -0.4 is 33.2 Å². The largest absolute Gasteiger partial charge is 0.481 e. The quantitative estimate of drug-likeness (QED) is 0.0618. The zero-order chi connectivity index (χ0) is 30.2. The van der Waals surface area contributed by atoms with Crippen LogP contribution in [0, 0.1) is 5.92 Å². The molecule has 1 aromatic rings. The van der Waals surface area contributed by atoms with Gasteiger partial charge in [-0.25, -0.2) is 4.79 Å². The number of aliphatic carboxylic acids is 2. The number of nitrogens with zero attached hydrogens (tertiary/aromatic N) is 1. The number of carbonyl (C=O) groups is 5. The van der Waals surface area contributed by atoms with E-state index in [2.05, 4.69) is 20.9 Å². The average molecular weight is 564 g/mol. The van der Waals surface area contributed by atoms with Crippen molar-refractivity contribution in [2.75, 3.05) is 6.54 Å². The highest BCUT2D eigenvalue weighted by Gasteiger charge is 2.31. The van der Waals surface area contributed by atoms with Gasteiger partial charge in [0.05, 0.1) is 6.04 Å². The molecule has 5 atom stereocenters. The molecule has 14 nitrogen and oxygen atoms in total. The van der Waals surface area contributed by atoms with Gasteiger partial charge in [0.15, 0.2) is 5.96 Å². The van der Waals surface area contributed by atoms with Crippen LogP contribution >= 0.6 is 0 Å². The first-order chi connectivity index (χ1) is 18.8. The maximum Gasteiger partial charge on any atom is 0.326 e. The summed E-state index contributed by atoms with van der Waals surface area (Å²) in [6.07, 6.45) is 0.181. The molecule has 1 rings (SSSR count). The van der Waals surface area contributed by atoms with E-state index >= 15 is 0 Å². The first-order valence-electron chi connectivity index (χ1n) is 13.1. The van der Waals surface area contributed by atoms with E-state index in [1.54, 1.807) is 30.3 Å². The molecule has 0 heterocycles. The molecule has 0 aromatic heterocycles. The van der Waals surface area contributed by atoms with Gasteiger partial charge in [0, 0.05) is 19.4 Å². The number of benzene rings is 1. The predicted octanol–water partition coefficient (Wildman–Crippen LogP) is -0.940. The molecule has 0 bridgehead atoms. The van der Waals surface area contributed by atoms with Crippen molar-refractivity contribution < 1.29 is 34.2 Å². The number of guanidine groups is 1. The van der Waals surface area contributed by atoms with Gasteiger partial charge in [-0.05, 0) is 30.7 Å². The number of nitrogens with two attached hydrogens (primary N) is 3. The third-order valence-corrected chi connectivity index (χ3v) is 6.32. The number of carboxylic acids is 2. The lowest BCUT2D eigenvalue weighted by Crippen LogP contribution is -2.58. The molecule has 0 saturated heterocycles. The number of nitrogens with one attached hydrogen (secondary N) is 3. The molecule has 0 aliphatic rings. The van der Waals surface area contributed by atoms with Crippen molar-refractivity contribution in [2.24, 2.45) is 28.1 Å². The number of carbonyl (C=O) groups excluding carboxylic acids is 3. The molecule has 11 N–H and O–H groups in total. The van der Waals surface area contributed by atoms with Gasteiger partial charge < -0.3 is 43.4 Å². The maximum absolute atomic E-state index is 13.4. The molecule has 222 valence electrons. The van der Waals surface area contributed by atoms with Crippen LogP contribution in [0.15, 0.2) is 35.3 Å². The summed E-state index contributed by atoms with van der Waals surface area (Å²) in [4.78, 5) is 65.7. The fourth-order valence-corrected chi connectivity index (χ4v) is 3.68. The summed E-state index contributed by atoms with van der Waals surface area (Å²) in [6.45, 7) is 3.84. The predicted molar refractivity (Wildman–Crippen MR) is 148 cm³/mol. The second kappa shape index (κ2) is 17.4. The Hall–Kier alpha value is -4.20. The number of aliphatic imine (C=N–C) groups is 1. The summed E-state index contributed by atoms with van der Waals surface area (Å²) in [6, 6.07) is 4.23. The smallest absolute Gasteiger partial charge is 0.326 e. The Balaban J connectivity index is 3.17. The van der Waals surface area contributed by atoms with Crippen molar-refractivity contribution in [2.45, 2.75) is 76.5 Å². The highest BCUT2D eigenvalue weighted by Crippen LogP contribution is 2.09. The van der Waals surface area contributed by atoms with E-state index in [-0.39, 0.29) is 44.1 Å². The topological polar surface area (TPSA) is 252 Å². The average Bonchev–Trinajstić information content (AvgIpc) is 2.91. The van der Waals surface area contributed by atoms with Crippen LogP contribution in [0.4, 0.5) is 0 Å². The Morgan fingerprint density at radius 2 is 1.45 bits per heavy atom. The van der Waals surface area contributed by atoms with E-state index in [4.69, 9.17) is 22.3 Å². The molecule has 0 fully saturated rings. The number of hydrogen-bond donors (Lipinski definition) is 8. The summed E-state index contributed by atoms with van der Waals surface area (Å²) in [5.41, 5.74) is 17.5. The molecule has 0 aliphatic heterocycles. The standard InChI is InChI=1S/C26H41N7O7/c1-3-15(2)21(27)24(38)33-19(14-16-8-5-4-6-9-16)23(37)31-17(10-7-13-30-26(28)29)22(36)32-18(25(39)40)11-12-20(34)35/h4-6,8-9,15,17-19,21H,3,7,10-14,27H2,1-2H3,(H,31,37)(H,32,36)(H,33,38)(H,34,35)(H,39,40)(H4,28,29,30). The first kappa shape index (κ1) is 33.8. The highest BCUT2D eigenvalue weighted by molar-refractivity contribution is 5.94. The molecule has 40 heavy (non-hydrogen) atoms. The van der Waals surface area contributed by atoms with Gasteiger partial charge in [0.25, 0.3) is 0 Å². The van der Waals surface area contributed by atoms with Crippen molar-refractivity contribution in [3.8, 4) is 0 Å². The van der Waals surface area contributed by atoms with Gasteiger partial charge in [-0.1, -0.05) is 50.6 Å². The van der Waals surface area contributed by atoms with Crippen LogP contribution in [0.25, 0.3) is 0 Å². The molecule has 1 aromatic carbocycles. The van der Waals surface area contributed by atoms with Crippen molar-refractivity contribution >= 4 is 35.6 Å². The summed E-state index contributed by atoms with van der Waals surface area (Å²) >= 11 is 0. The Labute approximate surface area is 233 Å². The fourth-order valence-electron chi connectivity index (χ4n) is 3.68. The Morgan fingerprint density at radius 3 is 2.00 bits per heavy atom. The van der Waals surface area contributed by atoms with Gasteiger partial charge >= 0.3 is 11.9 Å². The molecule has 0 spiro atoms. The zero-order valence-electron chi connectivity index (χ0n) is 22.8. The Bertz CT molecular complexity index is 1030.